The molecule has 0 amide bonds. The van der Waals surface area contributed by atoms with Crippen LogP contribution in [-0.2, 0) is 9.47 Å². The molecule has 12 heavy (non-hydrogen) atoms. The molecule has 1 heterocycles. The van der Waals surface area contributed by atoms with E-state index in [4.69, 9.17) is 21.1 Å². The summed E-state index contributed by atoms with van der Waals surface area (Å²) < 4.78 is 10.4. The van der Waals surface area contributed by atoms with Crippen molar-refractivity contribution in [3.63, 3.8) is 0 Å². The summed E-state index contributed by atoms with van der Waals surface area (Å²) in [7, 11) is 0. The van der Waals surface area contributed by atoms with E-state index in [2.05, 4.69) is 5.32 Å². The van der Waals surface area contributed by atoms with Crippen LogP contribution in [0.4, 0.5) is 0 Å². The van der Waals surface area contributed by atoms with Crippen LogP contribution >= 0.6 is 11.6 Å². The Bertz CT molecular complexity index is 107. The van der Waals surface area contributed by atoms with Gasteiger partial charge < -0.3 is 14.8 Å². The van der Waals surface area contributed by atoms with E-state index in [1.54, 1.807) is 0 Å². The second-order valence-corrected chi connectivity index (χ2v) is 3.19. The van der Waals surface area contributed by atoms with Gasteiger partial charge >= 0.3 is 0 Å². The molecule has 1 saturated heterocycles. The Balaban J connectivity index is 1.81. The standard InChI is InChI=1S/C8H16ClNO2/c9-2-5-11-6-3-10-8-1-4-12-7-8/h8,10H,1-7H2. The molecule has 0 radical (unpaired) electrons. The molecule has 1 atom stereocenters. The average molecular weight is 194 g/mol. The Morgan fingerprint density at radius 1 is 1.50 bits per heavy atom. The van der Waals surface area contributed by atoms with E-state index < -0.39 is 0 Å². The van der Waals surface area contributed by atoms with Crippen molar-refractivity contribution in [2.45, 2.75) is 12.5 Å². The van der Waals surface area contributed by atoms with Crippen molar-refractivity contribution in [3.05, 3.63) is 0 Å². The van der Waals surface area contributed by atoms with Crippen molar-refractivity contribution < 1.29 is 9.47 Å². The lowest BCUT2D eigenvalue weighted by Gasteiger charge is -2.09. The normalized spacial score (nSPS) is 23.2. The molecular formula is C8H16ClNO2. The number of hydrogen-bond donors (Lipinski definition) is 1. The van der Waals surface area contributed by atoms with Crippen molar-refractivity contribution in [3.8, 4) is 0 Å². The molecule has 72 valence electrons. The fourth-order valence-corrected chi connectivity index (χ4v) is 1.30. The molecule has 0 bridgehead atoms. The zero-order valence-electron chi connectivity index (χ0n) is 7.22. The van der Waals surface area contributed by atoms with Crippen molar-refractivity contribution >= 4 is 11.6 Å². The van der Waals surface area contributed by atoms with Crippen LogP contribution in [0.3, 0.4) is 0 Å². The van der Waals surface area contributed by atoms with E-state index in [1.165, 1.54) is 0 Å². The Morgan fingerprint density at radius 3 is 3.08 bits per heavy atom. The van der Waals surface area contributed by atoms with Crippen molar-refractivity contribution in [2.75, 3.05) is 38.9 Å². The predicted molar refractivity (Wildman–Crippen MR) is 48.8 cm³/mol. The third-order valence-electron chi connectivity index (χ3n) is 1.83. The minimum atomic E-state index is 0.532. The third kappa shape index (κ3) is 4.26. The fourth-order valence-electron chi connectivity index (χ4n) is 1.19. The first-order valence-electron chi connectivity index (χ1n) is 4.38. The smallest absolute Gasteiger partial charge is 0.0620 e. The Labute approximate surface area is 78.4 Å². The molecule has 0 spiro atoms. The molecule has 1 aliphatic rings. The quantitative estimate of drug-likeness (QED) is 0.496. The van der Waals surface area contributed by atoms with Gasteiger partial charge in [-0.15, -0.1) is 11.6 Å². The lowest BCUT2D eigenvalue weighted by molar-refractivity contribution is 0.145. The van der Waals surface area contributed by atoms with Gasteiger partial charge in [0.05, 0.1) is 19.8 Å². The summed E-state index contributed by atoms with van der Waals surface area (Å²) in [5.41, 5.74) is 0. The monoisotopic (exact) mass is 193 g/mol. The Morgan fingerprint density at radius 2 is 2.42 bits per heavy atom. The van der Waals surface area contributed by atoms with Gasteiger partial charge in [0, 0.05) is 25.1 Å². The van der Waals surface area contributed by atoms with Gasteiger partial charge in [0.25, 0.3) is 0 Å². The maximum Gasteiger partial charge on any atom is 0.0620 e. The first-order valence-corrected chi connectivity index (χ1v) is 4.92. The molecule has 0 aromatic heterocycles. The molecule has 1 rings (SSSR count). The lowest BCUT2D eigenvalue weighted by Crippen LogP contribution is -2.32. The van der Waals surface area contributed by atoms with Crippen LogP contribution in [0.15, 0.2) is 0 Å². The summed E-state index contributed by atoms with van der Waals surface area (Å²) >= 11 is 5.44. The molecule has 0 aliphatic carbocycles. The van der Waals surface area contributed by atoms with Crippen molar-refractivity contribution in [2.24, 2.45) is 0 Å². The van der Waals surface area contributed by atoms with E-state index in [-0.39, 0.29) is 0 Å². The predicted octanol–water partition coefficient (Wildman–Crippen LogP) is 0.620. The summed E-state index contributed by atoms with van der Waals surface area (Å²) in [5.74, 6) is 0.576. The molecule has 0 saturated carbocycles. The van der Waals surface area contributed by atoms with E-state index in [0.29, 0.717) is 18.5 Å². The summed E-state index contributed by atoms with van der Waals surface area (Å²) in [6.45, 7) is 4.01. The number of nitrogens with one attached hydrogen (secondary N) is 1. The highest BCUT2D eigenvalue weighted by Gasteiger charge is 2.13. The Hall–Kier alpha value is 0.170. The molecule has 1 unspecified atom stereocenters. The van der Waals surface area contributed by atoms with Gasteiger partial charge in [0.2, 0.25) is 0 Å². The summed E-state index contributed by atoms with van der Waals surface area (Å²) in [6, 6.07) is 0.532. The molecule has 1 fully saturated rings. The highest BCUT2D eigenvalue weighted by Crippen LogP contribution is 2.02. The maximum atomic E-state index is 5.44. The summed E-state index contributed by atoms with van der Waals surface area (Å²) in [5, 5.41) is 3.35. The molecular weight excluding hydrogens is 178 g/mol. The van der Waals surface area contributed by atoms with Gasteiger partial charge in [0.1, 0.15) is 0 Å². The zero-order valence-corrected chi connectivity index (χ0v) is 7.98. The number of rotatable bonds is 6. The van der Waals surface area contributed by atoms with Crippen LogP contribution in [-0.4, -0.2) is 44.9 Å². The highest BCUT2D eigenvalue weighted by atomic mass is 35.5. The summed E-state index contributed by atoms with van der Waals surface area (Å²) in [4.78, 5) is 0. The second kappa shape index (κ2) is 6.66. The minimum Gasteiger partial charge on any atom is -0.380 e. The fraction of sp³-hybridized carbons (Fsp3) is 1.00. The van der Waals surface area contributed by atoms with Gasteiger partial charge in [-0.3, -0.25) is 0 Å². The largest absolute Gasteiger partial charge is 0.380 e. The topological polar surface area (TPSA) is 30.5 Å². The third-order valence-corrected chi connectivity index (χ3v) is 1.98. The first-order chi connectivity index (χ1) is 5.93. The minimum absolute atomic E-state index is 0.532. The lowest BCUT2D eigenvalue weighted by atomic mass is 10.3. The zero-order chi connectivity index (χ0) is 8.65. The highest BCUT2D eigenvalue weighted by molar-refractivity contribution is 6.17. The molecule has 1 N–H and O–H groups in total. The molecule has 0 aromatic rings. The van der Waals surface area contributed by atoms with Crippen molar-refractivity contribution in [1.82, 2.24) is 5.32 Å². The van der Waals surface area contributed by atoms with Crippen LogP contribution in [0.25, 0.3) is 0 Å². The van der Waals surface area contributed by atoms with E-state index in [9.17, 15) is 0 Å². The van der Waals surface area contributed by atoms with Crippen molar-refractivity contribution in [1.29, 1.82) is 0 Å². The van der Waals surface area contributed by atoms with Crippen LogP contribution < -0.4 is 5.32 Å². The van der Waals surface area contributed by atoms with Crippen LogP contribution in [0.2, 0.25) is 0 Å². The molecule has 0 aromatic carbocycles. The molecule has 3 nitrogen and oxygen atoms in total. The maximum absolute atomic E-state index is 5.44. The van der Waals surface area contributed by atoms with Crippen LogP contribution in [0.5, 0.6) is 0 Å². The van der Waals surface area contributed by atoms with Gasteiger partial charge in [-0.2, -0.15) is 0 Å². The van der Waals surface area contributed by atoms with Crippen LogP contribution in [0.1, 0.15) is 6.42 Å². The average Bonchev–Trinajstić information content (AvgIpc) is 2.57. The van der Waals surface area contributed by atoms with E-state index in [0.717, 1.165) is 32.8 Å². The van der Waals surface area contributed by atoms with Gasteiger partial charge in [0.15, 0.2) is 0 Å². The van der Waals surface area contributed by atoms with Gasteiger partial charge in [-0.05, 0) is 6.42 Å². The van der Waals surface area contributed by atoms with Gasteiger partial charge in [-0.1, -0.05) is 0 Å². The number of ether oxygens (including phenoxy) is 2. The number of hydrogen-bond acceptors (Lipinski definition) is 3. The Kier molecular flexibility index (Phi) is 5.69. The van der Waals surface area contributed by atoms with E-state index in [1.807, 2.05) is 0 Å². The van der Waals surface area contributed by atoms with Crippen LogP contribution in [0, 0.1) is 0 Å². The second-order valence-electron chi connectivity index (χ2n) is 2.82. The first kappa shape index (κ1) is 10.3. The number of alkyl halides is 1. The molecule has 4 heteroatoms. The van der Waals surface area contributed by atoms with E-state index >= 15 is 0 Å². The molecule has 1 aliphatic heterocycles. The van der Waals surface area contributed by atoms with Gasteiger partial charge in [-0.25, -0.2) is 0 Å². The number of halogens is 1. The SMILES string of the molecule is ClCCOCCNC1CCOC1. The summed E-state index contributed by atoms with van der Waals surface area (Å²) in [6.07, 6.45) is 1.12.